The van der Waals surface area contributed by atoms with Crippen LogP contribution in [0.3, 0.4) is 0 Å². The second kappa shape index (κ2) is 7.30. The van der Waals surface area contributed by atoms with Crippen LogP contribution in [0.1, 0.15) is 31.4 Å². The molecule has 0 saturated carbocycles. The molecule has 1 aromatic carbocycles. The van der Waals surface area contributed by atoms with Crippen LogP contribution < -0.4 is 10.1 Å². The fraction of sp³-hybridized carbons (Fsp3) is 0.625. The van der Waals surface area contributed by atoms with Gasteiger partial charge >= 0.3 is 0 Å². The average molecular weight is 297 g/mol. The van der Waals surface area contributed by atoms with Gasteiger partial charge in [-0.1, -0.05) is 24.6 Å². The van der Waals surface area contributed by atoms with E-state index in [2.05, 4.69) is 29.3 Å². The van der Waals surface area contributed by atoms with Gasteiger partial charge < -0.3 is 10.1 Å². The molecule has 20 heavy (non-hydrogen) atoms. The highest BCUT2D eigenvalue weighted by molar-refractivity contribution is 6.32. The van der Waals surface area contributed by atoms with Crippen molar-refractivity contribution in [2.75, 3.05) is 33.8 Å². The van der Waals surface area contributed by atoms with Crippen molar-refractivity contribution in [3.63, 3.8) is 0 Å². The second-order valence-corrected chi connectivity index (χ2v) is 5.89. The van der Waals surface area contributed by atoms with E-state index in [0.717, 1.165) is 18.8 Å². The molecule has 2 unspecified atom stereocenters. The van der Waals surface area contributed by atoms with Gasteiger partial charge in [-0.05, 0) is 63.1 Å². The molecule has 0 bridgehead atoms. The molecule has 0 spiro atoms. The van der Waals surface area contributed by atoms with Crippen LogP contribution in [0.25, 0.3) is 0 Å². The molecule has 0 aliphatic carbocycles. The van der Waals surface area contributed by atoms with Gasteiger partial charge in [0.15, 0.2) is 0 Å². The Labute approximate surface area is 127 Å². The quantitative estimate of drug-likeness (QED) is 0.871. The lowest BCUT2D eigenvalue weighted by atomic mass is 9.93. The summed E-state index contributed by atoms with van der Waals surface area (Å²) in [6.45, 7) is 5.61. The van der Waals surface area contributed by atoms with E-state index in [1.165, 1.54) is 24.9 Å². The van der Waals surface area contributed by atoms with Crippen molar-refractivity contribution in [1.82, 2.24) is 10.2 Å². The predicted octanol–water partition coefficient (Wildman–Crippen LogP) is 3.34. The first-order valence-corrected chi connectivity index (χ1v) is 7.81. The molecule has 0 radical (unpaired) electrons. The normalized spacial score (nSPS) is 23.2. The minimum atomic E-state index is 0.464. The number of likely N-dealkylation sites (tertiary alicyclic amines) is 1. The smallest absolute Gasteiger partial charge is 0.137 e. The number of halogens is 1. The summed E-state index contributed by atoms with van der Waals surface area (Å²) in [5.74, 6) is 1.40. The topological polar surface area (TPSA) is 24.5 Å². The van der Waals surface area contributed by atoms with Crippen LogP contribution >= 0.6 is 11.6 Å². The molecule has 1 saturated heterocycles. The first-order valence-electron chi connectivity index (χ1n) is 7.43. The van der Waals surface area contributed by atoms with Crippen LogP contribution in [0.5, 0.6) is 5.75 Å². The third-order valence-corrected chi connectivity index (χ3v) is 4.42. The van der Waals surface area contributed by atoms with E-state index in [0.29, 0.717) is 17.0 Å². The Hall–Kier alpha value is -0.770. The Morgan fingerprint density at radius 3 is 2.85 bits per heavy atom. The molecule has 2 rings (SSSR count). The number of nitrogens with zero attached hydrogens (tertiary/aromatic N) is 1. The summed E-state index contributed by atoms with van der Waals surface area (Å²) in [5, 5.41) is 4.03. The maximum Gasteiger partial charge on any atom is 0.137 e. The zero-order valence-electron chi connectivity index (χ0n) is 12.7. The molecule has 1 heterocycles. The van der Waals surface area contributed by atoms with Crippen LogP contribution in [-0.2, 0) is 0 Å². The van der Waals surface area contributed by atoms with Gasteiger partial charge in [0, 0.05) is 6.04 Å². The molecular weight excluding hydrogens is 272 g/mol. The van der Waals surface area contributed by atoms with E-state index in [-0.39, 0.29) is 0 Å². The lowest BCUT2D eigenvalue weighted by molar-refractivity contribution is 0.227. The zero-order valence-corrected chi connectivity index (χ0v) is 13.4. The zero-order chi connectivity index (χ0) is 14.5. The third-order valence-electron chi connectivity index (χ3n) is 4.12. The number of rotatable bonds is 6. The second-order valence-electron chi connectivity index (χ2n) is 5.48. The fourth-order valence-electron chi connectivity index (χ4n) is 3.29. The summed E-state index contributed by atoms with van der Waals surface area (Å²) in [7, 11) is 3.68. The fourth-order valence-corrected chi connectivity index (χ4v) is 3.56. The predicted molar refractivity (Wildman–Crippen MR) is 84.6 cm³/mol. The lowest BCUT2D eigenvalue weighted by Gasteiger charge is -2.28. The van der Waals surface area contributed by atoms with E-state index in [1.54, 1.807) is 7.11 Å². The summed E-state index contributed by atoms with van der Waals surface area (Å²) in [4.78, 5) is 2.58. The minimum Gasteiger partial charge on any atom is -0.495 e. The monoisotopic (exact) mass is 296 g/mol. The van der Waals surface area contributed by atoms with Crippen LogP contribution in [-0.4, -0.2) is 38.7 Å². The summed E-state index contributed by atoms with van der Waals surface area (Å²) in [6.07, 6.45) is 2.43. The van der Waals surface area contributed by atoms with Crippen LogP contribution in [0.2, 0.25) is 5.02 Å². The van der Waals surface area contributed by atoms with Crippen molar-refractivity contribution < 1.29 is 4.74 Å². The summed E-state index contributed by atoms with van der Waals surface area (Å²) in [6, 6.07) is 6.68. The summed E-state index contributed by atoms with van der Waals surface area (Å²) >= 11 is 6.30. The van der Waals surface area contributed by atoms with Gasteiger partial charge in [-0.3, -0.25) is 4.90 Å². The molecule has 1 N–H and O–H groups in total. The van der Waals surface area contributed by atoms with Crippen LogP contribution in [0.15, 0.2) is 18.2 Å². The van der Waals surface area contributed by atoms with Gasteiger partial charge in [0.2, 0.25) is 0 Å². The Morgan fingerprint density at radius 1 is 1.45 bits per heavy atom. The molecule has 1 aromatic rings. The number of nitrogens with one attached hydrogen (secondary N) is 1. The Morgan fingerprint density at radius 2 is 2.25 bits per heavy atom. The molecule has 4 heteroatoms. The molecule has 0 aromatic heterocycles. The van der Waals surface area contributed by atoms with Crippen molar-refractivity contribution in [3.05, 3.63) is 28.8 Å². The first kappa shape index (κ1) is 15.6. The highest BCUT2D eigenvalue weighted by Gasteiger charge is 2.34. The van der Waals surface area contributed by atoms with Crippen molar-refractivity contribution >= 4 is 11.6 Å². The van der Waals surface area contributed by atoms with Gasteiger partial charge in [0.1, 0.15) is 5.75 Å². The standard InChI is InChI=1S/C16H25ClN2O/c1-4-8-19-9-7-13(11-18-2)16(19)12-5-6-15(20-3)14(17)10-12/h5-6,10,13,16,18H,4,7-9,11H2,1-3H3. The van der Waals surface area contributed by atoms with Crippen molar-refractivity contribution in [2.24, 2.45) is 5.92 Å². The van der Waals surface area contributed by atoms with Gasteiger partial charge in [0.05, 0.1) is 12.1 Å². The van der Waals surface area contributed by atoms with Crippen LogP contribution in [0, 0.1) is 5.92 Å². The highest BCUT2D eigenvalue weighted by atomic mass is 35.5. The van der Waals surface area contributed by atoms with Crippen molar-refractivity contribution in [1.29, 1.82) is 0 Å². The summed E-state index contributed by atoms with van der Waals surface area (Å²) in [5.41, 5.74) is 1.31. The van der Waals surface area contributed by atoms with Crippen molar-refractivity contribution in [2.45, 2.75) is 25.8 Å². The third kappa shape index (κ3) is 3.27. The average Bonchev–Trinajstić information content (AvgIpc) is 2.82. The maximum absolute atomic E-state index is 6.30. The van der Waals surface area contributed by atoms with E-state index >= 15 is 0 Å². The van der Waals surface area contributed by atoms with Gasteiger partial charge in [-0.2, -0.15) is 0 Å². The van der Waals surface area contributed by atoms with E-state index in [4.69, 9.17) is 16.3 Å². The molecule has 1 aliphatic heterocycles. The maximum atomic E-state index is 6.30. The number of hydrogen-bond acceptors (Lipinski definition) is 3. The number of hydrogen-bond donors (Lipinski definition) is 1. The van der Waals surface area contributed by atoms with Gasteiger partial charge in [0.25, 0.3) is 0 Å². The number of methoxy groups -OCH3 is 1. The number of benzene rings is 1. The van der Waals surface area contributed by atoms with Crippen molar-refractivity contribution in [3.8, 4) is 5.75 Å². The van der Waals surface area contributed by atoms with E-state index in [9.17, 15) is 0 Å². The molecular formula is C16H25ClN2O. The molecule has 0 amide bonds. The molecule has 2 atom stereocenters. The molecule has 1 fully saturated rings. The van der Waals surface area contributed by atoms with E-state index in [1.807, 2.05) is 13.1 Å². The van der Waals surface area contributed by atoms with Gasteiger partial charge in [-0.25, -0.2) is 0 Å². The Kier molecular flexibility index (Phi) is 5.70. The largest absolute Gasteiger partial charge is 0.495 e. The Balaban J connectivity index is 2.26. The lowest BCUT2D eigenvalue weighted by Crippen LogP contribution is -2.29. The molecule has 3 nitrogen and oxygen atoms in total. The highest BCUT2D eigenvalue weighted by Crippen LogP contribution is 2.39. The first-order chi connectivity index (χ1) is 9.71. The SMILES string of the molecule is CCCN1CCC(CNC)C1c1ccc(OC)c(Cl)c1. The molecule has 1 aliphatic rings. The van der Waals surface area contributed by atoms with Gasteiger partial charge in [-0.15, -0.1) is 0 Å². The Bertz CT molecular complexity index is 424. The van der Waals surface area contributed by atoms with E-state index < -0.39 is 0 Å². The number of ether oxygens (including phenoxy) is 1. The van der Waals surface area contributed by atoms with Crippen LogP contribution in [0.4, 0.5) is 0 Å². The minimum absolute atomic E-state index is 0.464. The molecule has 112 valence electrons. The summed E-state index contributed by atoms with van der Waals surface area (Å²) < 4.78 is 5.25.